The molecular formula is C24H21NO5. The summed E-state index contributed by atoms with van der Waals surface area (Å²) in [6.45, 7) is 0.835. The summed E-state index contributed by atoms with van der Waals surface area (Å²) in [5.41, 5.74) is -0.541. The Hall–Kier alpha value is -3.77. The minimum absolute atomic E-state index is 0.131. The molecule has 0 unspecified atom stereocenters. The van der Waals surface area contributed by atoms with Crippen LogP contribution in [0.15, 0.2) is 84.9 Å². The number of rotatable bonds is 7. The van der Waals surface area contributed by atoms with Crippen LogP contribution in [0.2, 0.25) is 0 Å². The molecule has 6 heteroatoms. The number of carbonyl (C=O) groups excluding carboxylic acids is 3. The monoisotopic (exact) mass is 403 g/mol. The van der Waals surface area contributed by atoms with E-state index in [-0.39, 0.29) is 5.78 Å². The molecule has 6 nitrogen and oxygen atoms in total. The van der Waals surface area contributed by atoms with Gasteiger partial charge in [-0.1, -0.05) is 72.8 Å². The van der Waals surface area contributed by atoms with Gasteiger partial charge in [0.1, 0.15) is 0 Å². The molecule has 1 amide bonds. The van der Waals surface area contributed by atoms with Crippen molar-refractivity contribution in [3.63, 3.8) is 0 Å². The Labute approximate surface area is 174 Å². The minimum atomic E-state index is -2.06. The summed E-state index contributed by atoms with van der Waals surface area (Å²) in [5.74, 6) is -1.69. The second kappa shape index (κ2) is 9.15. The van der Waals surface area contributed by atoms with Crippen LogP contribution in [0.5, 0.6) is 0 Å². The van der Waals surface area contributed by atoms with Gasteiger partial charge in [-0.2, -0.15) is 0 Å². The Morgan fingerprint density at radius 3 is 1.97 bits per heavy atom. The Morgan fingerprint density at radius 1 is 0.867 bits per heavy atom. The summed E-state index contributed by atoms with van der Waals surface area (Å²) < 4.78 is 5.16. The first kappa shape index (κ1) is 21.0. The van der Waals surface area contributed by atoms with Crippen LogP contribution < -0.4 is 5.32 Å². The number of Topliss-reactive ketones (excluding diaryl/α,β-unsaturated/α-hetero) is 1. The lowest BCUT2D eigenvalue weighted by Crippen LogP contribution is -2.39. The van der Waals surface area contributed by atoms with E-state index in [0.29, 0.717) is 22.4 Å². The molecule has 0 spiro atoms. The molecule has 0 saturated carbocycles. The van der Waals surface area contributed by atoms with Gasteiger partial charge in [-0.3, -0.25) is 9.59 Å². The summed E-state index contributed by atoms with van der Waals surface area (Å²) in [7, 11) is 0. The van der Waals surface area contributed by atoms with Crippen molar-refractivity contribution in [2.75, 3.05) is 11.9 Å². The van der Waals surface area contributed by atoms with E-state index in [4.69, 9.17) is 4.74 Å². The predicted molar refractivity (Wildman–Crippen MR) is 112 cm³/mol. The van der Waals surface area contributed by atoms with Gasteiger partial charge in [0.2, 0.25) is 5.60 Å². The summed E-state index contributed by atoms with van der Waals surface area (Å²) in [6.07, 6.45) is 0. The normalized spacial score (nSPS) is 10.9. The van der Waals surface area contributed by atoms with Crippen LogP contribution in [0, 0.1) is 0 Å². The van der Waals surface area contributed by atoms with Crippen LogP contribution in [0.3, 0.4) is 0 Å². The maximum Gasteiger partial charge on any atom is 0.348 e. The Bertz CT molecular complexity index is 1010. The Balaban J connectivity index is 1.75. The first-order chi connectivity index (χ1) is 14.4. The maximum absolute atomic E-state index is 12.9. The van der Waals surface area contributed by atoms with E-state index in [1.807, 2.05) is 0 Å². The predicted octanol–water partition coefficient (Wildman–Crippen LogP) is 3.31. The fourth-order valence-electron chi connectivity index (χ4n) is 3.01. The molecule has 0 radical (unpaired) electrons. The zero-order chi connectivity index (χ0) is 21.6. The van der Waals surface area contributed by atoms with Gasteiger partial charge in [0.25, 0.3) is 5.91 Å². The first-order valence-electron chi connectivity index (χ1n) is 9.33. The number of esters is 1. The van der Waals surface area contributed by atoms with Crippen LogP contribution >= 0.6 is 0 Å². The molecule has 0 fully saturated rings. The molecule has 30 heavy (non-hydrogen) atoms. The fourth-order valence-corrected chi connectivity index (χ4v) is 3.01. The summed E-state index contributed by atoms with van der Waals surface area (Å²) in [6, 6.07) is 23.2. The zero-order valence-corrected chi connectivity index (χ0v) is 16.4. The number of ketones is 1. The van der Waals surface area contributed by atoms with Crippen LogP contribution in [0.25, 0.3) is 0 Å². The first-order valence-corrected chi connectivity index (χ1v) is 9.33. The number of hydrogen-bond acceptors (Lipinski definition) is 5. The fraction of sp³-hybridized carbons (Fsp3) is 0.125. The van der Waals surface area contributed by atoms with Gasteiger partial charge in [0, 0.05) is 11.3 Å². The van der Waals surface area contributed by atoms with Crippen molar-refractivity contribution < 1.29 is 24.2 Å². The second-order valence-electron chi connectivity index (χ2n) is 6.70. The van der Waals surface area contributed by atoms with Gasteiger partial charge in [-0.15, -0.1) is 0 Å². The van der Waals surface area contributed by atoms with Crippen molar-refractivity contribution in [2.45, 2.75) is 12.5 Å². The topological polar surface area (TPSA) is 92.7 Å². The number of amides is 1. The van der Waals surface area contributed by atoms with E-state index in [9.17, 15) is 19.5 Å². The molecule has 0 aliphatic rings. The van der Waals surface area contributed by atoms with Crippen LogP contribution in [0.1, 0.15) is 28.4 Å². The summed E-state index contributed by atoms with van der Waals surface area (Å²) in [4.78, 5) is 36.6. The van der Waals surface area contributed by atoms with E-state index in [1.165, 1.54) is 13.0 Å². The third kappa shape index (κ3) is 4.61. The van der Waals surface area contributed by atoms with E-state index in [1.54, 1.807) is 78.9 Å². The number of nitrogens with one attached hydrogen (secondary N) is 1. The highest BCUT2D eigenvalue weighted by atomic mass is 16.6. The third-order valence-electron chi connectivity index (χ3n) is 4.57. The molecule has 0 heterocycles. The Morgan fingerprint density at radius 2 is 1.43 bits per heavy atom. The van der Waals surface area contributed by atoms with E-state index in [0.717, 1.165) is 0 Å². The smallest absolute Gasteiger partial charge is 0.348 e. The van der Waals surface area contributed by atoms with Gasteiger partial charge >= 0.3 is 5.97 Å². The van der Waals surface area contributed by atoms with Gasteiger partial charge in [-0.25, -0.2) is 4.79 Å². The average molecular weight is 403 g/mol. The molecule has 3 aromatic rings. The Kier molecular flexibility index (Phi) is 6.39. The SMILES string of the molecule is CC(=O)c1cccc(NC(=O)COC(=O)C(O)(c2ccccc2)c2ccccc2)c1. The molecule has 2 N–H and O–H groups in total. The maximum atomic E-state index is 12.9. The van der Waals surface area contributed by atoms with Crippen molar-refractivity contribution >= 4 is 23.3 Å². The van der Waals surface area contributed by atoms with Crippen LogP contribution in [-0.4, -0.2) is 29.4 Å². The molecule has 3 aromatic carbocycles. The zero-order valence-electron chi connectivity index (χ0n) is 16.4. The molecule has 3 rings (SSSR count). The summed E-state index contributed by atoms with van der Waals surface area (Å²) in [5, 5.41) is 13.9. The highest BCUT2D eigenvalue weighted by Crippen LogP contribution is 2.31. The van der Waals surface area contributed by atoms with Crippen molar-refractivity contribution in [1.82, 2.24) is 0 Å². The van der Waals surface area contributed by atoms with Gasteiger partial charge in [0.15, 0.2) is 12.4 Å². The lowest BCUT2D eigenvalue weighted by Gasteiger charge is -2.26. The summed E-state index contributed by atoms with van der Waals surface area (Å²) >= 11 is 0. The van der Waals surface area contributed by atoms with Crippen LogP contribution in [-0.2, 0) is 19.9 Å². The molecule has 0 saturated heterocycles. The van der Waals surface area contributed by atoms with Crippen molar-refractivity contribution in [3.05, 3.63) is 102 Å². The average Bonchev–Trinajstić information content (AvgIpc) is 2.78. The van der Waals surface area contributed by atoms with E-state index >= 15 is 0 Å². The number of ether oxygens (including phenoxy) is 1. The standard InChI is InChI=1S/C24H21NO5/c1-17(26)18-9-8-14-21(15-18)25-22(27)16-30-23(28)24(29,19-10-4-2-5-11-19)20-12-6-3-7-13-20/h2-15,29H,16H2,1H3,(H,25,27). The van der Waals surface area contributed by atoms with Gasteiger partial charge in [-0.05, 0) is 30.2 Å². The highest BCUT2D eigenvalue weighted by Gasteiger charge is 2.41. The van der Waals surface area contributed by atoms with Crippen molar-refractivity contribution in [3.8, 4) is 0 Å². The molecule has 0 atom stereocenters. The molecule has 0 aromatic heterocycles. The third-order valence-corrected chi connectivity index (χ3v) is 4.57. The second-order valence-corrected chi connectivity index (χ2v) is 6.70. The highest BCUT2D eigenvalue weighted by molar-refractivity contribution is 5.98. The molecule has 0 aliphatic carbocycles. The molecule has 152 valence electrons. The quantitative estimate of drug-likeness (QED) is 0.466. The van der Waals surface area contributed by atoms with Crippen molar-refractivity contribution in [2.24, 2.45) is 0 Å². The molecular weight excluding hydrogens is 382 g/mol. The van der Waals surface area contributed by atoms with Gasteiger partial charge in [0.05, 0.1) is 0 Å². The van der Waals surface area contributed by atoms with Gasteiger partial charge < -0.3 is 15.2 Å². The lowest BCUT2D eigenvalue weighted by molar-refractivity contribution is -0.163. The molecule has 0 aliphatic heterocycles. The number of carbonyl (C=O) groups is 3. The lowest BCUT2D eigenvalue weighted by atomic mass is 9.86. The number of aliphatic hydroxyl groups is 1. The van der Waals surface area contributed by atoms with Crippen LogP contribution in [0.4, 0.5) is 5.69 Å². The van der Waals surface area contributed by atoms with Crippen molar-refractivity contribution in [1.29, 1.82) is 0 Å². The van der Waals surface area contributed by atoms with E-state index in [2.05, 4.69) is 5.32 Å². The minimum Gasteiger partial charge on any atom is -0.453 e. The number of anilines is 1. The molecule has 0 bridgehead atoms. The largest absolute Gasteiger partial charge is 0.453 e. The number of hydrogen-bond donors (Lipinski definition) is 2. The number of benzene rings is 3. The van der Waals surface area contributed by atoms with E-state index < -0.39 is 24.1 Å².